The Bertz CT molecular complexity index is 926. The quantitative estimate of drug-likeness (QED) is 0.450. The van der Waals surface area contributed by atoms with Crippen molar-refractivity contribution in [2.45, 2.75) is 13.3 Å². The van der Waals surface area contributed by atoms with Gasteiger partial charge in [0, 0.05) is 11.6 Å². The number of methoxy groups -OCH3 is 1. The predicted octanol–water partition coefficient (Wildman–Crippen LogP) is 2.51. The van der Waals surface area contributed by atoms with E-state index in [4.69, 9.17) is 4.74 Å². The van der Waals surface area contributed by atoms with E-state index >= 15 is 0 Å². The van der Waals surface area contributed by atoms with Crippen LogP contribution in [0.4, 0.5) is 11.4 Å². The van der Waals surface area contributed by atoms with Crippen molar-refractivity contribution < 1.29 is 19.4 Å². The summed E-state index contributed by atoms with van der Waals surface area (Å²) in [6.07, 6.45) is 1.06. The minimum atomic E-state index is -0.766. The summed E-state index contributed by atoms with van der Waals surface area (Å²) in [6.45, 7) is 1.89. The van der Waals surface area contributed by atoms with Crippen molar-refractivity contribution in [3.63, 3.8) is 0 Å². The van der Waals surface area contributed by atoms with E-state index in [2.05, 4.69) is 10.5 Å². The highest BCUT2D eigenvalue weighted by atomic mass is 16.6. The van der Waals surface area contributed by atoms with Gasteiger partial charge in [0.15, 0.2) is 0 Å². The number of benzene rings is 2. The van der Waals surface area contributed by atoms with Gasteiger partial charge in [-0.2, -0.15) is 5.10 Å². The van der Waals surface area contributed by atoms with Crippen molar-refractivity contribution in [3.05, 3.63) is 73.3 Å². The fourth-order valence-electron chi connectivity index (χ4n) is 2.29. The molecule has 0 aromatic heterocycles. The second-order valence-electron chi connectivity index (χ2n) is 5.53. The molecule has 1 amide bonds. The smallest absolute Gasteiger partial charge is 0.279 e. The molecule has 2 aromatic rings. The van der Waals surface area contributed by atoms with Gasteiger partial charge in [0.1, 0.15) is 5.75 Å². The third-order valence-electron chi connectivity index (χ3n) is 3.66. The molecular weight excluding hydrogens is 356 g/mol. The molecule has 0 unspecified atom stereocenters. The normalized spacial score (nSPS) is 10.6. The Balaban J connectivity index is 2.07. The largest absolute Gasteiger partial charge is 0.496 e. The zero-order chi connectivity index (χ0) is 20.0. The van der Waals surface area contributed by atoms with Crippen LogP contribution < -0.4 is 10.2 Å². The van der Waals surface area contributed by atoms with Crippen LogP contribution in [-0.2, 0) is 11.2 Å². The Hall–Kier alpha value is -3.82. The van der Waals surface area contributed by atoms with Crippen LogP contribution in [0.2, 0.25) is 0 Å². The van der Waals surface area contributed by atoms with Crippen molar-refractivity contribution in [1.29, 1.82) is 0 Å². The number of hydrogen-bond donors (Lipinski definition) is 1. The monoisotopic (exact) mass is 372 g/mol. The highest BCUT2D eigenvalue weighted by molar-refractivity contribution is 5.84. The van der Waals surface area contributed by atoms with Gasteiger partial charge in [-0.3, -0.25) is 25.0 Å². The van der Waals surface area contributed by atoms with Crippen molar-refractivity contribution >= 4 is 23.5 Å². The second-order valence-corrected chi connectivity index (χ2v) is 5.53. The Morgan fingerprint density at radius 3 is 2.56 bits per heavy atom. The Labute approximate surface area is 153 Å². The first-order chi connectivity index (χ1) is 12.8. The van der Waals surface area contributed by atoms with E-state index in [0.717, 1.165) is 17.7 Å². The van der Waals surface area contributed by atoms with Gasteiger partial charge in [-0.1, -0.05) is 12.1 Å². The Kier molecular flexibility index (Phi) is 6.15. The third kappa shape index (κ3) is 5.08. The van der Waals surface area contributed by atoms with Gasteiger partial charge in [-0.25, -0.2) is 5.43 Å². The number of amides is 1. The molecule has 0 radical (unpaired) electrons. The number of aryl methyl sites for hydroxylation is 1. The lowest BCUT2D eigenvalue weighted by atomic mass is 10.1. The summed E-state index contributed by atoms with van der Waals surface area (Å²) in [7, 11) is 1.54. The molecule has 0 aliphatic heterocycles. The number of nitrogens with zero attached hydrogens (tertiary/aromatic N) is 3. The van der Waals surface area contributed by atoms with E-state index < -0.39 is 27.1 Å². The van der Waals surface area contributed by atoms with Gasteiger partial charge in [-0.05, 0) is 30.2 Å². The van der Waals surface area contributed by atoms with E-state index in [1.807, 2.05) is 13.0 Å². The van der Waals surface area contributed by atoms with Crippen molar-refractivity contribution in [3.8, 4) is 5.75 Å². The number of nitro groups is 2. The number of carbonyl (C=O) groups excluding carboxylic acids is 1. The van der Waals surface area contributed by atoms with E-state index in [9.17, 15) is 25.0 Å². The number of hydrogen-bond acceptors (Lipinski definition) is 7. The van der Waals surface area contributed by atoms with Crippen molar-refractivity contribution in [2.24, 2.45) is 5.10 Å². The van der Waals surface area contributed by atoms with Crippen LogP contribution in [0.25, 0.3) is 0 Å². The molecule has 0 atom stereocenters. The second kappa shape index (κ2) is 8.52. The van der Waals surface area contributed by atoms with Gasteiger partial charge in [0.2, 0.25) is 5.91 Å². The molecule has 2 rings (SSSR count). The molecule has 0 fully saturated rings. The lowest BCUT2D eigenvalue weighted by Gasteiger charge is -2.05. The molecule has 0 aliphatic carbocycles. The zero-order valence-electron chi connectivity index (χ0n) is 14.5. The molecule has 0 saturated heterocycles. The average molecular weight is 372 g/mol. The number of nitro benzene ring substituents is 2. The van der Waals surface area contributed by atoms with Gasteiger partial charge in [0.25, 0.3) is 11.4 Å². The topological polar surface area (TPSA) is 137 Å². The molecule has 0 aliphatic rings. The van der Waals surface area contributed by atoms with Crippen LogP contribution in [0.1, 0.15) is 16.7 Å². The summed E-state index contributed by atoms with van der Waals surface area (Å²) in [6, 6.07) is 8.48. The average Bonchev–Trinajstić information content (AvgIpc) is 2.63. The number of hydrazone groups is 1. The number of rotatable bonds is 7. The van der Waals surface area contributed by atoms with Crippen LogP contribution in [-0.4, -0.2) is 29.1 Å². The molecule has 140 valence electrons. The molecule has 1 N–H and O–H groups in total. The van der Waals surface area contributed by atoms with E-state index in [1.54, 1.807) is 19.2 Å². The zero-order valence-corrected chi connectivity index (χ0v) is 14.5. The number of carbonyl (C=O) groups is 1. The van der Waals surface area contributed by atoms with Gasteiger partial charge < -0.3 is 4.74 Å². The molecule has 10 nitrogen and oxygen atoms in total. The maximum Gasteiger partial charge on any atom is 0.279 e. The van der Waals surface area contributed by atoms with Crippen LogP contribution >= 0.6 is 0 Å². The molecule has 2 aromatic carbocycles. The summed E-state index contributed by atoms with van der Waals surface area (Å²) in [5, 5.41) is 25.6. The summed E-state index contributed by atoms with van der Waals surface area (Å²) in [5.41, 5.74) is 3.05. The van der Waals surface area contributed by atoms with Crippen molar-refractivity contribution in [2.75, 3.05) is 7.11 Å². The molecule has 0 spiro atoms. The summed E-state index contributed by atoms with van der Waals surface area (Å²) < 4.78 is 5.19. The maximum absolute atomic E-state index is 12.0. The highest BCUT2D eigenvalue weighted by Crippen LogP contribution is 2.25. The molecule has 0 bridgehead atoms. The first kappa shape index (κ1) is 19.5. The van der Waals surface area contributed by atoms with Crippen LogP contribution in [0.3, 0.4) is 0 Å². The molecule has 0 saturated carbocycles. The lowest BCUT2D eigenvalue weighted by Crippen LogP contribution is -2.20. The number of non-ortho nitro benzene ring substituents is 1. The summed E-state index contributed by atoms with van der Waals surface area (Å²) in [4.78, 5) is 32.3. The molecule has 10 heteroatoms. The van der Waals surface area contributed by atoms with E-state index in [0.29, 0.717) is 11.3 Å². The predicted molar refractivity (Wildman–Crippen MR) is 96.9 cm³/mol. The van der Waals surface area contributed by atoms with Gasteiger partial charge in [0.05, 0.1) is 35.7 Å². The van der Waals surface area contributed by atoms with E-state index in [-0.39, 0.29) is 12.0 Å². The SMILES string of the molecule is COc1cc(C=NNC(=O)Cc2ccc([N+](=O)[O-])cc2[N+](=O)[O-])ccc1C. The molecular formula is C17H16N4O6. The van der Waals surface area contributed by atoms with Crippen LogP contribution in [0, 0.1) is 27.2 Å². The van der Waals surface area contributed by atoms with Crippen LogP contribution in [0.15, 0.2) is 41.5 Å². The third-order valence-corrected chi connectivity index (χ3v) is 3.66. The minimum Gasteiger partial charge on any atom is -0.496 e. The van der Waals surface area contributed by atoms with Crippen LogP contribution in [0.5, 0.6) is 5.75 Å². The van der Waals surface area contributed by atoms with E-state index in [1.165, 1.54) is 12.3 Å². The molecule has 0 heterocycles. The Morgan fingerprint density at radius 1 is 1.19 bits per heavy atom. The highest BCUT2D eigenvalue weighted by Gasteiger charge is 2.20. The first-order valence-electron chi connectivity index (χ1n) is 7.70. The van der Waals surface area contributed by atoms with Gasteiger partial charge in [-0.15, -0.1) is 0 Å². The number of ether oxygens (including phenoxy) is 1. The fourth-order valence-corrected chi connectivity index (χ4v) is 2.29. The lowest BCUT2D eigenvalue weighted by molar-refractivity contribution is -0.394. The summed E-state index contributed by atoms with van der Waals surface area (Å²) in [5.74, 6) is 0.0778. The Morgan fingerprint density at radius 2 is 1.93 bits per heavy atom. The van der Waals surface area contributed by atoms with Gasteiger partial charge >= 0.3 is 0 Å². The van der Waals surface area contributed by atoms with Crippen molar-refractivity contribution in [1.82, 2.24) is 5.43 Å². The standard InChI is InChI=1S/C17H16N4O6/c1-11-3-4-12(7-16(11)27-2)10-18-19-17(22)8-13-5-6-14(20(23)24)9-15(13)21(25)26/h3-7,9-10H,8H2,1-2H3,(H,19,22). The summed E-state index contributed by atoms with van der Waals surface area (Å²) >= 11 is 0. The minimum absolute atomic E-state index is 0.0512. The fraction of sp³-hybridized carbons (Fsp3) is 0.176. The first-order valence-corrected chi connectivity index (χ1v) is 7.70. The molecule has 27 heavy (non-hydrogen) atoms. The number of nitrogens with one attached hydrogen (secondary N) is 1. The maximum atomic E-state index is 12.0.